The van der Waals surface area contributed by atoms with Crippen molar-refractivity contribution in [3.05, 3.63) is 23.8 Å². The summed E-state index contributed by atoms with van der Waals surface area (Å²) >= 11 is 0. The number of ether oxygens (including phenoxy) is 3. The molecule has 3 aliphatic heterocycles. The highest BCUT2D eigenvalue weighted by molar-refractivity contribution is 5.91. The summed E-state index contributed by atoms with van der Waals surface area (Å²) < 4.78 is 18.1. The van der Waals surface area contributed by atoms with Crippen LogP contribution in [0, 0.1) is 11.8 Å². The molecule has 2 bridgehead atoms. The molecular weight excluding hydrogens is 344 g/mol. The highest BCUT2D eigenvalue weighted by Crippen LogP contribution is 2.45. The minimum absolute atomic E-state index is 0.170. The van der Waals surface area contributed by atoms with Crippen molar-refractivity contribution in [3.8, 4) is 0 Å². The number of fused-ring (bicyclic) bond motifs is 4. The average Bonchev–Trinajstić information content (AvgIpc) is 2.78. The van der Waals surface area contributed by atoms with Crippen molar-refractivity contribution in [1.29, 1.82) is 0 Å². The molecule has 3 aliphatic rings. The smallest absolute Gasteiger partial charge is 0.334 e. The molecule has 2 saturated heterocycles. The van der Waals surface area contributed by atoms with E-state index < -0.39 is 11.7 Å². The fourth-order valence-corrected chi connectivity index (χ4v) is 4.74. The van der Waals surface area contributed by atoms with Crippen LogP contribution in [0.5, 0.6) is 0 Å². The van der Waals surface area contributed by atoms with Gasteiger partial charge in [-0.25, -0.2) is 4.79 Å². The van der Waals surface area contributed by atoms with Gasteiger partial charge < -0.3 is 14.2 Å². The molecule has 150 valence electrons. The molecule has 0 unspecified atom stereocenters. The minimum atomic E-state index is -0.622. The lowest BCUT2D eigenvalue weighted by atomic mass is 9.82. The standard InChI is InChI=1S/C22H32O5/c1-13-8-6-10-14(2)19-20-17(15(3)21(24)26-20)12-18(25-16(4)23)22(5,27-19)11-7-9-13/h9,14,17-20H,3,6-8,10-12H2,1-2,4-5H3/b13-9+/t14-,17+,18-,19+,20-,22-/m1/s1. The number of allylic oxidation sites excluding steroid dienone is 2. The van der Waals surface area contributed by atoms with E-state index in [1.54, 1.807) is 0 Å². The molecule has 0 aromatic heterocycles. The molecule has 0 radical (unpaired) electrons. The predicted molar refractivity (Wildman–Crippen MR) is 102 cm³/mol. The maximum absolute atomic E-state index is 12.2. The van der Waals surface area contributed by atoms with E-state index in [1.165, 1.54) is 12.5 Å². The van der Waals surface area contributed by atoms with Crippen molar-refractivity contribution >= 4 is 11.9 Å². The van der Waals surface area contributed by atoms with Gasteiger partial charge in [-0.05, 0) is 58.3 Å². The Bertz CT molecular complexity index is 651. The molecule has 3 rings (SSSR count). The lowest BCUT2D eigenvalue weighted by molar-refractivity contribution is -0.194. The second-order valence-corrected chi connectivity index (χ2v) is 8.69. The summed E-state index contributed by atoms with van der Waals surface area (Å²) in [6.07, 6.45) is 6.56. The molecule has 0 saturated carbocycles. The van der Waals surface area contributed by atoms with E-state index in [1.807, 2.05) is 6.92 Å². The molecule has 0 aromatic carbocycles. The van der Waals surface area contributed by atoms with Crippen molar-refractivity contribution in [2.45, 2.75) is 90.1 Å². The Hall–Kier alpha value is -1.62. The minimum Gasteiger partial charge on any atom is -0.459 e. The molecule has 5 nitrogen and oxygen atoms in total. The highest BCUT2D eigenvalue weighted by atomic mass is 16.6. The molecule has 0 spiro atoms. The number of hydrogen-bond donors (Lipinski definition) is 0. The molecule has 0 aliphatic carbocycles. The number of carbonyl (C=O) groups excluding carboxylic acids is 2. The molecule has 2 fully saturated rings. The van der Waals surface area contributed by atoms with Gasteiger partial charge in [0.2, 0.25) is 0 Å². The van der Waals surface area contributed by atoms with Crippen molar-refractivity contribution in [2.24, 2.45) is 11.8 Å². The number of rotatable bonds is 1. The van der Waals surface area contributed by atoms with Crippen molar-refractivity contribution in [3.63, 3.8) is 0 Å². The van der Waals surface area contributed by atoms with Crippen LogP contribution in [-0.2, 0) is 23.8 Å². The van der Waals surface area contributed by atoms with E-state index in [2.05, 4.69) is 26.5 Å². The monoisotopic (exact) mass is 376 g/mol. The van der Waals surface area contributed by atoms with Crippen LogP contribution in [0.25, 0.3) is 0 Å². The normalized spacial score (nSPS) is 42.1. The quantitative estimate of drug-likeness (QED) is 0.391. The van der Waals surface area contributed by atoms with Crippen LogP contribution in [0.2, 0.25) is 0 Å². The topological polar surface area (TPSA) is 61.8 Å². The molecule has 27 heavy (non-hydrogen) atoms. The van der Waals surface area contributed by atoms with Crippen molar-refractivity contribution < 1.29 is 23.8 Å². The van der Waals surface area contributed by atoms with Gasteiger partial charge in [-0.15, -0.1) is 0 Å². The second kappa shape index (κ2) is 7.78. The Morgan fingerprint density at radius 3 is 2.81 bits per heavy atom. The Morgan fingerprint density at radius 1 is 1.37 bits per heavy atom. The fourth-order valence-electron chi connectivity index (χ4n) is 4.74. The van der Waals surface area contributed by atoms with Gasteiger partial charge in [0.25, 0.3) is 0 Å². The van der Waals surface area contributed by atoms with Crippen LogP contribution in [0.4, 0.5) is 0 Å². The van der Waals surface area contributed by atoms with Gasteiger partial charge in [0.05, 0.1) is 6.10 Å². The van der Waals surface area contributed by atoms with Gasteiger partial charge in [-0.2, -0.15) is 0 Å². The van der Waals surface area contributed by atoms with Gasteiger partial charge in [0.1, 0.15) is 17.8 Å². The third kappa shape index (κ3) is 4.13. The van der Waals surface area contributed by atoms with Crippen LogP contribution in [0.15, 0.2) is 23.8 Å². The molecule has 5 heteroatoms. The lowest BCUT2D eigenvalue weighted by Gasteiger charge is -2.39. The average molecular weight is 376 g/mol. The van der Waals surface area contributed by atoms with Crippen molar-refractivity contribution in [1.82, 2.24) is 0 Å². The van der Waals surface area contributed by atoms with Gasteiger partial charge in [0.15, 0.2) is 0 Å². The van der Waals surface area contributed by atoms with E-state index in [9.17, 15) is 9.59 Å². The Labute approximate surface area is 162 Å². The number of esters is 2. The maximum atomic E-state index is 12.2. The molecular formula is C22H32O5. The summed E-state index contributed by atoms with van der Waals surface area (Å²) in [6.45, 7) is 11.8. The zero-order chi connectivity index (χ0) is 19.8. The zero-order valence-corrected chi connectivity index (χ0v) is 17.0. The van der Waals surface area contributed by atoms with E-state index in [-0.39, 0.29) is 36.0 Å². The van der Waals surface area contributed by atoms with E-state index >= 15 is 0 Å². The lowest BCUT2D eigenvalue weighted by Crippen LogP contribution is -2.48. The molecule has 3 heterocycles. The van der Waals surface area contributed by atoms with Crippen LogP contribution in [0.3, 0.4) is 0 Å². The predicted octanol–water partition coefficient (Wildman–Crippen LogP) is 4.11. The summed E-state index contributed by atoms with van der Waals surface area (Å²) in [5, 5.41) is 0. The van der Waals surface area contributed by atoms with E-state index in [0.717, 1.165) is 32.1 Å². The van der Waals surface area contributed by atoms with Crippen LogP contribution >= 0.6 is 0 Å². The largest absolute Gasteiger partial charge is 0.459 e. The Balaban J connectivity index is 2.00. The molecule has 0 amide bonds. The van der Waals surface area contributed by atoms with Gasteiger partial charge >= 0.3 is 11.9 Å². The maximum Gasteiger partial charge on any atom is 0.334 e. The number of carbonyl (C=O) groups is 2. The zero-order valence-electron chi connectivity index (χ0n) is 17.0. The van der Waals surface area contributed by atoms with Crippen LogP contribution in [-0.4, -0.2) is 35.9 Å². The molecule has 0 aromatic rings. The van der Waals surface area contributed by atoms with E-state index in [0.29, 0.717) is 12.0 Å². The van der Waals surface area contributed by atoms with Gasteiger partial charge in [0, 0.05) is 18.4 Å². The first-order valence-electron chi connectivity index (χ1n) is 10.1. The summed E-state index contributed by atoms with van der Waals surface area (Å²) in [6, 6.07) is 0. The van der Waals surface area contributed by atoms with Gasteiger partial charge in [-0.1, -0.05) is 25.2 Å². The fraction of sp³-hybridized carbons (Fsp3) is 0.727. The summed E-state index contributed by atoms with van der Waals surface area (Å²) in [5.41, 5.74) is 1.25. The van der Waals surface area contributed by atoms with Crippen LogP contribution < -0.4 is 0 Å². The third-order valence-corrected chi connectivity index (χ3v) is 6.46. The summed E-state index contributed by atoms with van der Waals surface area (Å²) in [7, 11) is 0. The molecule has 6 atom stereocenters. The summed E-state index contributed by atoms with van der Waals surface area (Å²) in [5.74, 6) is -0.614. The Morgan fingerprint density at radius 2 is 2.11 bits per heavy atom. The third-order valence-electron chi connectivity index (χ3n) is 6.46. The van der Waals surface area contributed by atoms with E-state index in [4.69, 9.17) is 14.2 Å². The first-order valence-corrected chi connectivity index (χ1v) is 10.1. The van der Waals surface area contributed by atoms with Crippen molar-refractivity contribution in [2.75, 3.05) is 0 Å². The van der Waals surface area contributed by atoms with Crippen LogP contribution in [0.1, 0.15) is 66.2 Å². The summed E-state index contributed by atoms with van der Waals surface area (Å²) in [4.78, 5) is 24.0. The highest BCUT2D eigenvalue weighted by Gasteiger charge is 2.54. The number of hydrogen-bond acceptors (Lipinski definition) is 5. The first-order chi connectivity index (χ1) is 12.7. The SMILES string of the molecule is C=C1C(=O)O[C@H]2[C@H]3O[C@](C)(CC/C=C(\C)CCC[C@H]3C)[C@H](OC(C)=O)C[C@@H]12. The Kier molecular flexibility index (Phi) is 5.80. The second-order valence-electron chi connectivity index (χ2n) is 8.69. The van der Waals surface area contributed by atoms with Gasteiger partial charge in [-0.3, -0.25) is 4.79 Å². The first kappa shape index (κ1) is 20.1. The molecule has 0 N–H and O–H groups in total.